The number of anilines is 3. The summed E-state index contributed by atoms with van der Waals surface area (Å²) >= 11 is 0. The van der Waals surface area contributed by atoms with E-state index in [0.29, 0.717) is 12.0 Å². The Bertz CT molecular complexity index is 436. The molecule has 1 saturated heterocycles. The maximum absolute atomic E-state index is 5.85. The molecule has 0 aliphatic carbocycles. The lowest BCUT2D eigenvalue weighted by atomic mass is 10.2. The van der Waals surface area contributed by atoms with Crippen molar-refractivity contribution < 1.29 is 0 Å². The van der Waals surface area contributed by atoms with Gasteiger partial charge in [-0.2, -0.15) is 9.97 Å². The molecule has 1 fully saturated rings. The molecular weight excluding hydrogens is 252 g/mol. The molecule has 0 saturated carbocycles. The van der Waals surface area contributed by atoms with Gasteiger partial charge in [0.05, 0.1) is 0 Å². The first-order valence-corrected chi connectivity index (χ1v) is 7.43. The molecule has 0 amide bonds. The molecule has 112 valence electrons. The first-order valence-electron chi connectivity index (χ1n) is 7.43. The Morgan fingerprint density at radius 3 is 2.95 bits per heavy atom. The van der Waals surface area contributed by atoms with Crippen LogP contribution in [0.25, 0.3) is 0 Å². The van der Waals surface area contributed by atoms with Crippen LogP contribution in [-0.4, -0.2) is 54.1 Å². The van der Waals surface area contributed by atoms with Gasteiger partial charge >= 0.3 is 0 Å². The number of nitrogen functional groups attached to an aromatic ring is 1. The van der Waals surface area contributed by atoms with Gasteiger partial charge in [-0.25, -0.2) is 0 Å². The van der Waals surface area contributed by atoms with Gasteiger partial charge in [-0.15, -0.1) is 0 Å². The number of rotatable bonds is 4. The minimum atomic E-state index is 0.339. The van der Waals surface area contributed by atoms with Crippen molar-refractivity contribution in [3.05, 3.63) is 6.07 Å². The van der Waals surface area contributed by atoms with E-state index in [-0.39, 0.29) is 0 Å². The summed E-state index contributed by atoms with van der Waals surface area (Å²) in [5, 5.41) is 3.29. The number of aromatic nitrogens is 2. The highest BCUT2D eigenvalue weighted by atomic mass is 15.3. The van der Waals surface area contributed by atoms with Gasteiger partial charge in [0.25, 0.3) is 0 Å². The Kier molecular flexibility index (Phi) is 5.00. The van der Waals surface area contributed by atoms with E-state index in [1.54, 1.807) is 0 Å². The van der Waals surface area contributed by atoms with Crippen molar-refractivity contribution in [2.75, 3.05) is 49.2 Å². The molecule has 1 aliphatic rings. The fourth-order valence-electron chi connectivity index (χ4n) is 2.66. The molecule has 0 aromatic carbocycles. The van der Waals surface area contributed by atoms with E-state index in [4.69, 9.17) is 5.73 Å². The van der Waals surface area contributed by atoms with E-state index >= 15 is 0 Å². The van der Waals surface area contributed by atoms with Crippen molar-refractivity contribution in [2.45, 2.75) is 32.7 Å². The Labute approximate surface area is 121 Å². The average Bonchev–Trinajstić information content (AvgIpc) is 2.56. The van der Waals surface area contributed by atoms with Gasteiger partial charge in [0.15, 0.2) is 0 Å². The second-order valence-electron chi connectivity index (χ2n) is 5.55. The molecule has 1 aliphatic heterocycles. The van der Waals surface area contributed by atoms with Crippen LogP contribution in [0.15, 0.2) is 6.07 Å². The largest absolute Gasteiger partial charge is 0.370 e. The lowest BCUT2D eigenvalue weighted by Gasteiger charge is -2.29. The Balaban J connectivity index is 2.19. The van der Waals surface area contributed by atoms with Crippen molar-refractivity contribution in [3.63, 3.8) is 0 Å². The van der Waals surface area contributed by atoms with Gasteiger partial charge in [-0.05, 0) is 33.4 Å². The summed E-state index contributed by atoms with van der Waals surface area (Å²) in [5.74, 6) is 2.09. The third-order valence-electron chi connectivity index (χ3n) is 3.63. The zero-order valence-electron chi connectivity index (χ0n) is 12.8. The Morgan fingerprint density at radius 2 is 2.20 bits per heavy atom. The maximum atomic E-state index is 5.85. The van der Waals surface area contributed by atoms with E-state index in [1.807, 2.05) is 6.07 Å². The normalized spacial score (nSPS) is 20.8. The molecule has 6 heteroatoms. The lowest BCUT2D eigenvalue weighted by Crippen LogP contribution is -2.38. The van der Waals surface area contributed by atoms with Gasteiger partial charge < -0.3 is 20.9 Å². The number of hydrogen-bond acceptors (Lipinski definition) is 6. The van der Waals surface area contributed by atoms with Crippen LogP contribution in [0.3, 0.4) is 0 Å². The standard InChI is InChI=1S/C14H26N6/c1-4-6-16-12-9-13(18-14(15)17-12)20-8-5-7-19(3)10-11(20)2/h9,11H,4-8,10H2,1-3H3,(H3,15,16,17,18). The van der Waals surface area contributed by atoms with E-state index in [1.165, 1.54) is 0 Å². The van der Waals surface area contributed by atoms with Crippen LogP contribution in [0.4, 0.5) is 17.6 Å². The predicted octanol–water partition coefficient (Wildman–Crippen LogP) is 1.41. The molecule has 6 nitrogen and oxygen atoms in total. The minimum Gasteiger partial charge on any atom is -0.370 e. The number of likely N-dealkylation sites (N-methyl/N-ethyl adjacent to an activating group) is 1. The van der Waals surface area contributed by atoms with E-state index in [0.717, 1.165) is 50.7 Å². The van der Waals surface area contributed by atoms with Crippen molar-refractivity contribution in [1.29, 1.82) is 0 Å². The molecule has 0 spiro atoms. The fraction of sp³-hybridized carbons (Fsp3) is 0.714. The van der Waals surface area contributed by atoms with Crippen LogP contribution in [0.1, 0.15) is 26.7 Å². The number of nitrogens with one attached hydrogen (secondary N) is 1. The molecule has 20 heavy (non-hydrogen) atoms. The van der Waals surface area contributed by atoms with E-state index in [2.05, 4.69) is 46.0 Å². The molecule has 0 bridgehead atoms. The zero-order valence-corrected chi connectivity index (χ0v) is 12.8. The summed E-state index contributed by atoms with van der Waals surface area (Å²) in [6, 6.07) is 2.43. The van der Waals surface area contributed by atoms with E-state index < -0.39 is 0 Å². The number of nitrogens with two attached hydrogens (primary N) is 1. The zero-order chi connectivity index (χ0) is 14.5. The Hall–Kier alpha value is -1.56. The van der Waals surface area contributed by atoms with E-state index in [9.17, 15) is 0 Å². The molecule has 1 atom stereocenters. The highest BCUT2D eigenvalue weighted by molar-refractivity contribution is 5.53. The molecule has 3 N–H and O–H groups in total. The van der Waals surface area contributed by atoms with Gasteiger partial charge in [0.1, 0.15) is 11.6 Å². The molecule has 1 unspecified atom stereocenters. The molecule has 1 aromatic heterocycles. The molecule has 0 radical (unpaired) electrons. The SMILES string of the molecule is CCCNc1cc(N2CCCN(C)CC2C)nc(N)n1. The highest BCUT2D eigenvalue weighted by Crippen LogP contribution is 2.21. The summed E-state index contributed by atoms with van der Waals surface area (Å²) in [7, 11) is 2.17. The van der Waals surface area contributed by atoms with Gasteiger partial charge in [-0.3, -0.25) is 0 Å². The van der Waals surface area contributed by atoms with Crippen LogP contribution < -0.4 is 16.0 Å². The van der Waals surface area contributed by atoms with Crippen LogP contribution in [0.2, 0.25) is 0 Å². The second-order valence-corrected chi connectivity index (χ2v) is 5.55. The second kappa shape index (κ2) is 6.74. The summed E-state index contributed by atoms with van der Waals surface area (Å²) in [5.41, 5.74) is 5.85. The Morgan fingerprint density at radius 1 is 1.40 bits per heavy atom. The van der Waals surface area contributed by atoms with Gasteiger partial charge in [-0.1, -0.05) is 6.92 Å². The summed E-state index contributed by atoms with van der Waals surface area (Å²) in [6.45, 7) is 8.44. The molecular formula is C14H26N6. The van der Waals surface area contributed by atoms with Crippen molar-refractivity contribution in [2.24, 2.45) is 0 Å². The quantitative estimate of drug-likeness (QED) is 0.868. The first-order chi connectivity index (χ1) is 9.60. The predicted molar refractivity (Wildman–Crippen MR) is 84.1 cm³/mol. The lowest BCUT2D eigenvalue weighted by molar-refractivity contribution is 0.337. The number of nitrogens with zero attached hydrogens (tertiary/aromatic N) is 4. The molecule has 2 rings (SSSR count). The highest BCUT2D eigenvalue weighted by Gasteiger charge is 2.21. The average molecular weight is 278 g/mol. The summed E-state index contributed by atoms with van der Waals surface area (Å²) in [4.78, 5) is 13.4. The van der Waals surface area contributed by atoms with Crippen molar-refractivity contribution >= 4 is 17.6 Å². The topological polar surface area (TPSA) is 70.3 Å². The first kappa shape index (κ1) is 14.8. The van der Waals surface area contributed by atoms with Crippen LogP contribution in [-0.2, 0) is 0 Å². The van der Waals surface area contributed by atoms with Crippen LogP contribution in [0, 0.1) is 0 Å². The van der Waals surface area contributed by atoms with Crippen LogP contribution in [0.5, 0.6) is 0 Å². The summed E-state index contributed by atoms with van der Waals surface area (Å²) < 4.78 is 0. The summed E-state index contributed by atoms with van der Waals surface area (Å²) in [6.07, 6.45) is 2.20. The smallest absolute Gasteiger partial charge is 0.223 e. The van der Waals surface area contributed by atoms with Gasteiger partial charge in [0, 0.05) is 31.7 Å². The minimum absolute atomic E-state index is 0.339. The third kappa shape index (κ3) is 3.72. The van der Waals surface area contributed by atoms with Crippen LogP contribution >= 0.6 is 0 Å². The number of hydrogen-bond donors (Lipinski definition) is 2. The third-order valence-corrected chi connectivity index (χ3v) is 3.63. The molecule has 1 aromatic rings. The monoisotopic (exact) mass is 278 g/mol. The fourth-order valence-corrected chi connectivity index (χ4v) is 2.66. The van der Waals surface area contributed by atoms with Gasteiger partial charge in [0.2, 0.25) is 5.95 Å². The van der Waals surface area contributed by atoms with Crippen molar-refractivity contribution in [1.82, 2.24) is 14.9 Å². The maximum Gasteiger partial charge on any atom is 0.223 e. The van der Waals surface area contributed by atoms with Crippen molar-refractivity contribution in [3.8, 4) is 0 Å². The molecule has 2 heterocycles.